The van der Waals surface area contributed by atoms with Crippen LogP contribution in [0.4, 0.5) is 4.39 Å². The SMILES string of the molecule is CSCC(=O)N[C@H]1CC[C@@H](n2c(=O)c3cc(F)cnc3n(C3CCSCC3)c2=O)CC1. The van der Waals surface area contributed by atoms with Crippen LogP contribution in [0.2, 0.25) is 0 Å². The van der Waals surface area contributed by atoms with Crippen molar-refractivity contribution in [2.45, 2.75) is 56.7 Å². The fourth-order valence-corrected chi connectivity index (χ4v) is 6.11. The molecule has 2 aromatic heterocycles. The highest BCUT2D eigenvalue weighted by molar-refractivity contribution is 7.99. The van der Waals surface area contributed by atoms with Gasteiger partial charge in [-0.2, -0.15) is 23.5 Å². The van der Waals surface area contributed by atoms with E-state index in [2.05, 4.69) is 10.3 Å². The van der Waals surface area contributed by atoms with Crippen molar-refractivity contribution < 1.29 is 9.18 Å². The quantitative estimate of drug-likeness (QED) is 0.729. The standard InChI is InChI=1S/C21H27FN4O3S2/c1-30-12-18(27)24-14-2-4-15(5-3-14)26-20(28)17-10-13(22)11-23-19(17)25(21(26)29)16-6-8-31-9-7-16/h10-11,14-16H,2-9,12H2,1H3,(H,24,27)/t14-,15+. The van der Waals surface area contributed by atoms with Crippen molar-refractivity contribution in [1.29, 1.82) is 0 Å². The molecule has 1 saturated heterocycles. The zero-order chi connectivity index (χ0) is 22.0. The summed E-state index contributed by atoms with van der Waals surface area (Å²) in [5.41, 5.74) is -0.533. The van der Waals surface area contributed by atoms with Gasteiger partial charge in [-0.05, 0) is 62.4 Å². The number of nitrogens with zero attached hydrogens (tertiary/aromatic N) is 3. The first-order valence-electron chi connectivity index (χ1n) is 10.7. The molecule has 4 rings (SSSR count). The Hall–Kier alpha value is -1.81. The number of carbonyl (C=O) groups is 1. The Morgan fingerprint density at radius 2 is 1.84 bits per heavy atom. The van der Waals surface area contributed by atoms with E-state index in [1.54, 1.807) is 4.57 Å². The van der Waals surface area contributed by atoms with Crippen LogP contribution in [0.25, 0.3) is 11.0 Å². The fraction of sp³-hybridized carbons (Fsp3) is 0.619. The van der Waals surface area contributed by atoms with E-state index >= 15 is 0 Å². The molecule has 0 unspecified atom stereocenters. The van der Waals surface area contributed by atoms with Gasteiger partial charge in [0.2, 0.25) is 5.91 Å². The first-order valence-corrected chi connectivity index (χ1v) is 13.2. The van der Waals surface area contributed by atoms with Gasteiger partial charge < -0.3 is 5.32 Å². The highest BCUT2D eigenvalue weighted by atomic mass is 32.2. The Morgan fingerprint density at radius 1 is 1.16 bits per heavy atom. The molecule has 3 heterocycles. The summed E-state index contributed by atoms with van der Waals surface area (Å²) in [6.07, 6.45) is 7.25. The number of amides is 1. The average molecular weight is 467 g/mol. The van der Waals surface area contributed by atoms with Crippen molar-refractivity contribution in [3.8, 4) is 0 Å². The second-order valence-electron chi connectivity index (χ2n) is 8.20. The highest BCUT2D eigenvalue weighted by Gasteiger charge is 2.29. The molecule has 1 aliphatic carbocycles. The van der Waals surface area contributed by atoms with Gasteiger partial charge in [0, 0.05) is 18.1 Å². The number of halogens is 1. The van der Waals surface area contributed by atoms with E-state index in [1.165, 1.54) is 22.4 Å². The molecule has 0 atom stereocenters. The number of carbonyl (C=O) groups excluding carboxylic acids is 1. The third-order valence-corrected chi connectivity index (χ3v) is 7.78. The van der Waals surface area contributed by atoms with Gasteiger partial charge in [-0.1, -0.05) is 0 Å². The summed E-state index contributed by atoms with van der Waals surface area (Å²) in [5, 5.41) is 3.19. The average Bonchev–Trinajstić information content (AvgIpc) is 2.76. The van der Waals surface area contributed by atoms with E-state index in [4.69, 9.17) is 0 Å². The first-order chi connectivity index (χ1) is 15.0. The monoisotopic (exact) mass is 466 g/mol. The normalized spacial score (nSPS) is 22.5. The number of hydrogen-bond donors (Lipinski definition) is 1. The Morgan fingerprint density at radius 3 is 2.52 bits per heavy atom. The predicted molar refractivity (Wildman–Crippen MR) is 124 cm³/mol. The number of pyridine rings is 1. The van der Waals surface area contributed by atoms with E-state index in [0.29, 0.717) is 31.4 Å². The minimum atomic E-state index is -0.583. The molecule has 0 bridgehead atoms. The number of rotatable bonds is 5. The van der Waals surface area contributed by atoms with Gasteiger partial charge >= 0.3 is 5.69 Å². The molecule has 1 aliphatic heterocycles. The van der Waals surface area contributed by atoms with E-state index < -0.39 is 11.4 Å². The summed E-state index contributed by atoms with van der Waals surface area (Å²) in [6, 6.07) is 0.959. The number of aromatic nitrogens is 3. The lowest BCUT2D eigenvalue weighted by molar-refractivity contribution is -0.119. The van der Waals surface area contributed by atoms with E-state index in [0.717, 1.165) is 30.5 Å². The molecule has 1 saturated carbocycles. The fourth-order valence-electron chi connectivity index (χ4n) is 4.68. The Kier molecular flexibility index (Phi) is 7.05. The van der Waals surface area contributed by atoms with Crippen LogP contribution < -0.4 is 16.6 Å². The van der Waals surface area contributed by atoms with Gasteiger partial charge in [0.1, 0.15) is 11.5 Å². The summed E-state index contributed by atoms with van der Waals surface area (Å²) in [5.74, 6) is 1.74. The van der Waals surface area contributed by atoms with Crippen LogP contribution in [0, 0.1) is 5.82 Å². The molecule has 2 aromatic rings. The van der Waals surface area contributed by atoms with Crippen molar-refractivity contribution in [1.82, 2.24) is 19.4 Å². The number of hydrogen-bond acceptors (Lipinski definition) is 6. The molecule has 31 heavy (non-hydrogen) atoms. The molecular formula is C21H27FN4O3S2. The summed E-state index contributed by atoms with van der Waals surface area (Å²) in [4.78, 5) is 42.8. The summed E-state index contributed by atoms with van der Waals surface area (Å²) >= 11 is 3.33. The molecule has 1 amide bonds. The lowest BCUT2D eigenvalue weighted by Crippen LogP contribution is -2.46. The molecule has 168 valence electrons. The van der Waals surface area contributed by atoms with Crippen molar-refractivity contribution in [2.24, 2.45) is 0 Å². The smallest absolute Gasteiger partial charge is 0.333 e. The zero-order valence-corrected chi connectivity index (χ0v) is 19.1. The maximum absolute atomic E-state index is 14.0. The van der Waals surface area contributed by atoms with Crippen LogP contribution in [-0.2, 0) is 4.79 Å². The number of thioether (sulfide) groups is 2. The number of nitrogens with one attached hydrogen (secondary N) is 1. The topological polar surface area (TPSA) is 86.0 Å². The van der Waals surface area contributed by atoms with Crippen molar-refractivity contribution in [3.05, 3.63) is 38.9 Å². The maximum atomic E-state index is 14.0. The van der Waals surface area contributed by atoms with Crippen LogP contribution in [0.5, 0.6) is 0 Å². The van der Waals surface area contributed by atoms with Crippen LogP contribution in [0.15, 0.2) is 21.9 Å². The molecule has 1 N–H and O–H groups in total. The van der Waals surface area contributed by atoms with Crippen LogP contribution in [0.1, 0.15) is 50.6 Å². The Labute approximate surface area is 188 Å². The second-order valence-corrected chi connectivity index (χ2v) is 10.3. The van der Waals surface area contributed by atoms with Crippen LogP contribution in [0.3, 0.4) is 0 Å². The third kappa shape index (κ3) is 4.69. The molecular weight excluding hydrogens is 439 g/mol. The minimum Gasteiger partial charge on any atom is -0.353 e. The molecule has 7 nitrogen and oxygen atoms in total. The lowest BCUT2D eigenvalue weighted by Gasteiger charge is -2.31. The predicted octanol–water partition coefficient (Wildman–Crippen LogP) is 2.73. The largest absolute Gasteiger partial charge is 0.353 e. The summed E-state index contributed by atoms with van der Waals surface area (Å²) in [6.45, 7) is 0. The van der Waals surface area contributed by atoms with E-state index in [9.17, 15) is 18.8 Å². The summed E-state index contributed by atoms with van der Waals surface area (Å²) in [7, 11) is 0. The Balaban J connectivity index is 1.69. The van der Waals surface area contributed by atoms with Crippen molar-refractivity contribution in [2.75, 3.05) is 23.5 Å². The summed E-state index contributed by atoms with van der Waals surface area (Å²) < 4.78 is 16.9. The van der Waals surface area contributed by atoms with Gasteiger partial charge in [-0.25, -0.2) is 14.2 Å². The molecule has 0 aromatic carbocycles. The minimum absolute atomic E-state index is 0.0119. The number of fused-ring (bicyclic) bond motifs is 1. The van der Waals surface area contributed by atoms with Crippen LogP contribution in [-0.4, -0.2) is 49.6 Å². The molecule has 10 heteroatoms. The van der Waals surface area contributed by atoms with Gasteiger partial charge in [0.25, 0.3) is 5.56 Å². The van der Waals surface area contributed by atoms with Gasteiger partial charge in [0.15, 0.2) is 0 Å². The molecule has 0 radical (unpaired) electrons. The van der Waals surface area contributed by atoms with Crippen LogP contribution >= 0.6 is 23.5 Å². The van der Waals surface area contributed by atoms with Gasteiger partial charge in [-0.15, -0.1) is 0 Å². The molecule has 2 fully saturated rings. The van der Waals surface area contributed by atoms with Gasteiger partial charge in [-0.3, -0.25) is 18.7 Å². The van der Waals surface area contributed by atoms with Gasteiger partial charge in [0.05, 0.1) is 17.3 Å². The molecule has 0 spiro atoms. The third-order valence-electron chi connectivity index (χ3n) is 6.18. The second kappa shape index (κ2) is 9.77. The Bertz CT molecular complexity index is 1070. The lowest BCUT2D eigenvalue weighted by atomic mass is 9.91. The van der Waals surface area contributed by atoms with Crippen molar-refractivity contribution in [3.63, 3.8) is 0 Å². The molecule has 2 aliphatic rings. The maximum Gasteiger partial charge on any atom is 0.333 e. The first kappa shape index (κ1) is 22.4. The van der Waals surface area contributed by atoms with E-state index in [1.807, 2.05) is 18.0 Å². The highest BCUT2D eigenvalue weighted by Crippen LogP contribution is 2.30. The zero-order valence-electron chi connectivity index (χ0n) is 17.5. The van der Waals surface area contributed by atoms with Crippen molar-refractivity contribution >= 4 is 40.5 Å². The van der Waals surface area contributed by atoms with E-state index in [-0.39, 0.29) is 40.8 Å².